The summed E-state index contributed by atoms with van der Waals surface area (Å²) in [7, 11) is 0. The molecule has 0 saturated heterocycles. The smallest absolute Gasteiger partial charge is 0.155 e. The molecule has 0 saturated carbocycles. The van der Waals surface area contributed by atoms with Crippen molar-refractivity contribution in [3.8, 4) is 6.07 Å². The molecule has 0 fully saturated rings. The molecule has 4 heteroatoms. The Hall–Kier alpha value is -1.37. The minimum Gasteiger partial charge on any atom is -0.232 e. The van der Waals surface area contributed by atoms with Crippen LogP contribution in [0, 0.1) is 23.2 Å². The van der Waals surface area contributed by atoms with Crippen molar-refractivity contribution >= 4 is 0 Å². The van der Waals surface area contributed by atoms with Crippen molar-refractivity contribution in [3.63, 3.8) is 0 Å². The van der Waals surface area contributed by atoms with E-state index < -0.39 is 5.54 Å². The van der Waals surface area contributed by atoms with E-state index >= 15 is 0 Å². The van der Waals surface area contributed by atoms with Gasteiger partial charge in [0.25, 0.3) is 0 Å². The molecule has 1 aromatic heterocycles. The van der Waals surface area contributed by atoms with Crippen LogP contribution in [0.5, 0.6) is 0 Å². The maximum absolute atomic E-state index is 9.58. The van der Waals surface area contributed by atoms with Gasteiger partial charge in [-0.2, -0.15) is 10.4 Å². The molecule has 0 N–H and O–H groups in total. The van der Waals surface area contributed by atoms with Crippen LogP contribution in [-0.2, 0) is 5.54 Å². The number of nitriles is 1. The van der Waals surface area contributed by atoms with Gasteiger partial charge in [-0.25, -0.2) is 9.67 Å². The van der Waals surface area contributed by atoms with Crippen LogP contribution < -0.4 is 0 Å². The second kappa shape index (κ2) is 4.87. The molecule has 0 amide bonds. The summed E-state index contributed by atoms with van der Waals surface area (Å²) in [5, 5.41) is 14.1. The van der Waals surface area contributed by atoms with Crippen LogP contribution in [0.3, 0.4) is 0 Å². The topological polar surface area (TPSA) is 54.5 Å². The molecule has 0 unspecified atom stereocenters. The fraction of sp³-hybridized carbons (Fsp3) is 0.769. The molecule has 0 aliphatic carbocycles. The Kier molecular flexibility index (Phi) is 3.92. The first kappa shape index (κ1) is 13.7. The maximum atomic E-state index is 9.58. The number of aromatic nitrogens is 3. The molecule has 4 nitrogen and oxygen atoms in total. The summed E-state index contributed by atoms with van der Waals surface area (Å²) in [5.41, 5.74) is -0.611. The number of rotatable bonds is 4. The van der Waals surface area contributed by atoms with Crippen molar-refractivity contribution < 1.29 is 0 Å². The quantitative estimate of drug-likeness (QED) is 0.804. The van der Waals surface area contributed by atoms with E-state index in [-0.39, 0.29) is 17.8 Å². The largest absolute Gasteiger partial charge is 0.232 e. The molecule has 0 atom stereocenters. The van der Waals surface area contributed by atoms with Gasteiger partial charge < -0.3 is 0 Å². The van der Waals surface area contributed by atoms with Gasteiger partial charge in [-0.15, -0.1) is 0 Å². The average molecular weight is 234 g/mol. The van der Waals surface area contributed by atoms with Crippen LogP contribution in [0.15, 0.2) is 6.33 Å². The van der Waals surface area contributed by atoms with E-state index in [1.807, 2.05) is 0 Å². The molecule has 0 bridgehead atoms. The molecule has 1 aromatic rings. The molecule has 94 valence electrons. The minimum absolute atomic E-state index is 0.189. The maximum Gasteiger partial charge on any atom is 0.155 e. The Morgan fingerprint density at radius 1 is 1.18 bits per heavy atom. The van der Waals surface area contributed by atoms with Crippen molar-refractivity contribution in [3.05, 3.63) is 12.2 Å². The second-order valence-corrected chi connectivity index (χ2v) is 5.45. The standard InChI is InChI=1S/C13H22N4/c1-9(2)12-15-8-17(16-12)13(7-14,10(3)4)11(5)6/h8-11H,1-6H3. The van der Waals surface area contributed by atoms with Crippen molar-refractivity contribution in [1.82, 2.24) is 14.8 Å². The van der Waals surface area contributed by atoms with E-state index in [0.717, 1.165) is 5.82 Å². The molecular formula is C13H22N4. The summed E-state index contributed by atoms with van der Waals surface area (Å²) in [4.78, 5) is 4.30. The molecule has 0 radical (unpaired) electrons. The Labute approximate surface area is 104 Å². The van der Waals surface area contributed by atoms with Gasteiger partial charge in [-0.1, -0.05) is 41.5 Å². The Balaban J connectivity index is 3.28. The Morgan fingerprint density at radius 3 is 2.00 bits per heavy atom. The van der Waals surface area contributed by atoms with E-state index in [2.05, 4.69) is 57.7 Å². The van der Waals surface area contributed by atoms with Gasteiger partial charge in [0.1, 0.15) is 6.33 Å². The first-order chi connectivity index (χ1) is 7.86. The van der Waals surface area contributed by atoms with E-state index in [1.54, 1.807) is 11.0 Å². The minimum atomic E-state index is -0.611. The molecular weight excluding hydrogens is 212 g/mol. The van der Waals surface area contributed by atoms with Crippen molar-refractivity contribution in [2.45, 2.75) is 53.0 Å². The fourth-order valence-corrected chi connectivity index (χ4v) is 2.22. The molecule has 1 heterocycles. The molecule has 0 spiro atoms. The highest BCUT2D eigenvalue weighted by atomic mass is 15.4. The first-order valence-electron chi connectivity index (χ1n) is 6.19. The zero-order chi connectivity index (χ0) is 13.2. The normalized spacial score (nSPS) is 12.5. The Morgan fingerprint density at radius 2 is 1.71 bits per heavy atom. The van der Waals surface area contributed by atoms with Gasteiger partial charge in [0, 0.05) is 5.92 Å². The van der Waals surface area contributed by atoms with Crippen LogP contribution in [0.25, 0.3) is 0 Å². The molecule has 17 heavy (non-hydrogen) atoms. The monoisotopic (exact) mass is 234 g/mol. The SMILES string of the molecule is CC(C)c1ncn(C(C#N)(C(C)C)C(C)C)n1. The summed E-state index contributed by atoms with van der Waals surface area (Å²) in [6.07, 6.45) is 1.69. The van der Waals surface area contributed by atoms with Gasteiger partial charge >= 0.3 is 0 Å². The van der Waals surface area contributed by atoms with Crippen molar-refractivity contribution in [2.24, 2.45) is 11.8 Å². The molecule has 1 rings (SSSR count). The van der Waals surface area contributed by atoms with E-state index in [9.17, 15) is 5.26 Å². The fourth-order valence-electron chi connectivity index (χ4n) is 2.22. The van der Waals surface area contributed by atoms with Crippen LogP contribution in [-0.4, -0.2) is 14.8 Å². The predicted octanol–water partition coefficient (Wildman–Crippen LogP) is 2.93. The van der Waals surface area contributed by atoms with Crippen LogP contribution in [0.4, 0.5) is 0 Å². The van der Waals surface area contributed by atoms with Crippen LogP contribution in [0.2, 0.25) is 0 Å². The highest BCUT2D eigenvalue weighted by molar-refractivity contribution is 5.09. The molecule has 0 aliphatic heterocycles. The summed E-state index contributed by atoms with van der Waals surface area (Å²) in [6, 6.07) is 2.44. The summed E-state index contributed by atoms with van der Waals surface area (Å²) in [6.45, 7) is 12.3. The van der Waals surface area contributed by atoms with Gasteiger partial charge in [-0.3, -0.25) is 0 Å². The van der Waals surface area contributed by atoms with Crippen molar-refractivity contribution in [2.75, 3.05) is 0 Å². The first-order valence-corrected chi connectivity index (χ1v) is 6.19. The lowest BCUT2D eigenvalue weighted by Gasteiger charge is -2.34. The summed E-state index contributed by atoms with van der Waals surface area (Å²) >= 11 is 0. The predicted molar refractivity (Wildman–Crippen MR) is 67.4 cm³/mol. The van der Waals surface area contributed by atoms with Gasteiger partial charge in [-0.05, 0) is 11.8 Å². The zero-order valence-corrected chi connectivity index (χ0v) is 11.6. The average Bonchev–Trinajstić information content (AvgIpc) is 2.68. The molecule has 0 aromatic carbocycles. The third kappa shape index (κ3) is 2.19. The van der Waals surface area contributed by atoms with Gasteiger partial charge in [0.2, 0.25) is 0 Å². The highest BCUT2D eigenvalue weighted by Crippen LogP contribution is 2.33. The van der Waals surface area contributed by atoms with Gasteiger partial charge in [0.15, 0.2) is 11.4 Å². The molecule has 0 aliphatic rings. The van der Waals surface area contributed by atoms with Crippen LogP contribution >= 0.6 is 0 Å². The van der Waals surface area contributed by atoms with Crippen molar-refractivity contribution in [1.29, 1.82) is 5.26 Å². The Bertz CT molecular complexity index is 401. The third-order valence-electron chi connectivity index (χ3n) is 3.34. The summed E-state index contributed by atoms with van der Waals surface area (Å²) in [5.74, 6) is 1.46. The lowest BCUT2D eigenvalue weighted by atomic mass is 9.78. The summed E-state index contributed by atoms with van der Waals surface area (Å²) < 4.78 is 1.75. The number of hydrogen-bond acceptors (Lipinski definition) is 3. The lowest BCUT2D eigenvalue weighted by molar-refractivity contribution is 0.173. The lowest BCUT2D eigenvalue weighted by Crippen LogP contribution is -2.43. The van der Waals surface area contributed by atoms with E-state index in [0.29, 0.717) is 0 Å². The number of hydrogen-bond donors (Lipinski definition) is 0. The van der Waals surface area contributed by atoms with Crippen LogP contribution in [0.1, 0.15) is 53.3 Å². The van der Waals surface area contributed by atoms with Gasteiger partial charge in [0.05, 0.1) is 6.07 Å². The number of nitrogens with zero attached hydrogens (tertiary/aromatic N) is 4. The third-order valence-corrected chi connectivity index (χ3v) is 3.34. The zero-order valence-electron chi connectivity index (χ0n) is 11.6. The second-order valence-electron chi connectivity index (χ2n) is 5.45. The highest BCUT2D eigenvalue weighted by Gasteiger charge is 2.40. The van der Waals surface area contributed by atoms with E-state index in [4.69, 9.17) is 0 Å². The van der Waals surface area contributed by atoms with E-state index in [1.165, 1.54) is 0 Å².